The van der Waals surface area contributed by atoms with Crippen molar-refractivity contribution in [3.8, 4) is 5.75 Å². The Morgan fingerprint density at radius 2 is 2.33 bits per heavy atom. The molecule has 0 amide bonds. The van der Waals surface area contributed by atoms with Crippen molar-refractivity contribution in [2.75, 3.05) is 32.1 Å². The SMILES string of the molecule is CCc1ccc(OC)c(NCC2CCCNC2)c1. The van der Waals surface area contributed by atoms with Crippen LogP contribution in [0.15, 0.2) is 18.2 Å². The zero-order valence-electron chi connectivity index (χ0n) is 11.5. The molecule has 1 heterocycles. The topological polar surface area (TPSA) is 33.3 Å². The first-order chi connectivity index (χ1) is 8.83. The highest BCUT2D eigenvalue weighted by Gasteiger charge is 2.13. The molecule has 1 aromatic carbocycles. The van der Waals surface area contributed by atoms with Crippen molar-refractivity contribution < 1.29 is 4.74 Å². The summed E-state index contributed by atoms with van der Waals surface area (Å²) in [7, 11) is 1.73. The van der Waals surface area contributed by atoms with Gasteiger partial charge in [-0.25, -0.2) is 0 Å². The summed E-state index contributed by atoms with van der Waals surface area (Å²) in [5.74, 6) is 1.67. The molecular weight excluding hydrogens is 224 g/mol. The van der Waals surface area contributed by atoms with Gasteiger partial charge in [0, 0.05) is 6.54 Å². The predicted octanol–water partition coefficient (Wildman–Crippen LogP) is 2.67. The molecule has 1 aliphatic heterocycles. The molecule has 18 heavy (non-hydrogen) atoms. The maximum absolute atomic E-state index is 5.41. The van der Waals surface area contributed by atoms with Crippen LogP contribution in [-0.4, -0.2) is 26.7 Å². The van der Waals surface area contributed by atoms with E-state index in [4.69, 9.17) is 4.74 Å². The Morgan fingerprint density at radius 1 is 1.44 bits per heavy atom. The summed E-state index contributed by atoms with van der Waals surface area (Å²) in [5, 5.41) is 6.99. The number of anilines is 1. The molecule has 3 heteroatoms. The van der Waals surface area contributed by atoms with Gasteiger partial charge in [0.2, 0.25) is 0 Å². The van der Waals surface area contributed by atoms with Gasteiger partial charge in [0.1, 0.15) is 5.75 Å². The third kappa shape index (κ3) is 3.39. The van der Waals surface area contributed by atoms with Crippen LogP contribution in [-0.2, 0) is 6.42 Å². The van der Waals surface area contributed by atoms with E-state index in [2.05, 4.69) is 35.8 Å². The Bertz CT molecular complexity index is 373. The van der Waals surface area contributed by atoms with Gasteiger partial charge in [0.25, 0.3) is 0 Å². The van der Waals surface area contributed by atoms with Gasteiger partial charge in [-0.3, -0.25) is 0 Å². The number of aryl methyl sites for hydroxylation is 1. The lowest BCUT2D eigenvalue weighted by atomic mass is 9.99. The van der Waals surface area contributed by atoms with Crippen LogP contribution < -0.4 is 15.4 Å². The molecule has 0 spiro atoms. The van der Waals surface area contributed by atoms with Gasteiger partial charge >= 0.3 is 0 Å². The minimum atomic E-state index is 0.730. The average Bonchev–Trinajstić information content (AvgIpc) is 2.45. The van der Waals surface area contributed by atoms with E-state index in [0.717, 1.165) is 36.9 Å². The van der Waals surface area contributed by atoms with Crippen LogP contribution in [0, 0.1) is 5.92 Å². The second-order valence-electron chi connectivity index (χ2n) is 4.98. The first-order valence-electron chi connectivity index (χ1n) is 6.95. The summed E-state index contributed by atoms with van der Waals surface area (Å²) in [5.41, 5.74) is 2.47. The van der Waals surface area contributed by atoms with E-state index in [-0.39, 0.29) is 0 Å². The Kier molecular flexibility index (Phi) is 4.88. The van der Waals surface area contributed by atoms with Crippen LogP contribution in [0.25, 0.3) is 0 Å². The van der Waals surface area contributed by atoms with Gasteiger partial charge in [-0.05, 0) is 56.0 Å². The van der Waals surface area contributed by atoms with Crippen molar-refractivity contribution in [2.45, 2.75) is 26.2 Å². The fourth-order valence-corrected chi connectivity index (χ4v) is 2.47. The zero-order chi connectivity index (χ0) is 12.8. The molecule has 1 fully saturated rings. The highest BCUT2D eigenvalue weighted by Crippen LogP contribution is 2.26. The fraction of sp³-hybridized carbons (Fsp3) is 0.600. The van der Waals surface area contributed by atoms with Gasteiger partial charge in [-0.1, -0.05) is 13.0 Å². The van der Waals surface area contributed by atoms with Crippen molar-refractivity contribution >= 4 is 5.69 Å². The van der Waals surface area contributed by atoms with Gasteiger partial charge in [0.15, 0.2) is 0 Å². The number of nitrogens with one attached hydrogen (secondary N) is 2. The number of hydrogen-bond donors (Lipinski definition) is 2. The summed E-state index contributed by atoms with van der Waals surface area (Å²) < 4.78 is 5.41. The van der Waals surface area contributed by atoms with E-state index in [1.165, 1.54) is 24.9 Å². The van der Waals surface area contributed by atoms with E-state index in [0.29, 0.717) is 0 Å². The molecule has 1 aliphatic rings. The highest BCUT2D eigenvalue weighted by atomic mass is 16.5. The van der Waals surface area contributed by atoms with Crippen molar-refractivity contribution in [3.63, 3.8) is 0 Å². The minimum absolute atomic E-state index is 0.730. The predicted molar refractivity (Wildman–Crippen MR) is 76.5 cm³/mol. The lowest BCUT2D eigenvalue weighted by Crippen LogP contribution is -2.33. The van der Waals surface area contributed by atoms with E-state index in [9.17, 15) is 0 Å². The molecule has 1 saturated heterocycles. The Balaban J connectivity index is 1.97. The molecule has 0 bridgehead atoms. The summed E-state index contributed by atoms with van der Waals surface area (Å²) >= 11 is 0. The normalized spacial score (nSPS) is 19.6. The van der Waals surface area contributed by atoms with Gasteiger partial charge in [0.05, 0.1) is 12.8 Å². The van der Waals surface area contributed by atoms with Crippen molar-refractivity contribution in [1.29, 1.82) is 0 Å². The molecule has 1 atom stereocenters. The summed E-state index contributed by atoms with van der Waals surface area (Å²) in [4.78, 5) is 0. The smallest absolute Gasteiger partial charge is 0.141 e. The Hall–Kier alpha value is -1.22. The molecule has 100 valence electrons. The molecule has 0 radical (unpaired) electrons. The van der Waals surface area contributed by atoms with Crippen LogP contribution >= 0.6 is 0 Å². The number of piperidine rings is 1. The third-order valence-electron chi connectivity index (χ3n) is 3.65. The number of hydrogen-bond acceptors (Lipinski definition) is 3. The number of ether oxygens (including phenoxy) is 1. The molecule has 0 aliphatic carbocycles. The molecule has 2 rings (SSSR count). The van der Waals surface area contributed by atoms with E-state index < -0.39 is 0 Å². The van der Waals surface area contributed by atoms with Crippen LogP contribution in [0.3, 0.4) is 0 Å². The average molecular weight is 248 g/mol. The number of methoxy groups -OCH3 is 1. The van der Waals surface area contributed by atoms with Gasteiger partial charge < -0.3 is 15.4 Å². The third-order valence-corrected chi connectivity index (χ3v) is 3.65. The molecule has 0 saturated carbocycles. The maximum Gasteiger partial charge on any atom is 0.141 e. The number of benzene rings is 1. The molecule has 0 aromatic heterocycles. The maximum atomic E-state index is 5.41. The van der Waals surface area contributed by atoms with Gasteiger partial charge in [-0.15, -0.1) is 0 Å². The lowest BCUT2D eigenvalue weighted by molar-refractivity contribution is 0.390. The number of rotatable bonds is 5. The fourth-order valence-electron chi connectivity index (χ4n) is 2.47. The largest absolute Gasteiger partial charge is 0.495 e. The standard InChI is InChI=1S/C15H24N2O/c1-3-12-6-7-15(18-2)14(9-12)17-11-13-5-4-8-16-10-13/h6-7,9,13,16-17H,3-5,8,10-11H2,1-2H3. The Labute approximate surface area is 110 Å². The second kappa shape index (κ2) is 6.64. The monoisotopic (exact) mass is 248 g/mol. The molecular formula is C15H24N2O. The first-order valence-corrected chi connectivity index (χ1v) is 6.95. The summed E-state index contributed by atoms with van der Waals surface area (Å²) in [6.07, 6.45) is 3.66. The Morgan fingerprint density at radius 3 is 3.00 bits per heavy atom. The molecule has 2 N–H and O–H groups in total. The minimum Gasteiger partial charge on any atom is -0.495 e. The summed E-state index contributed by atoms with van der Waals surface area (Å²) in [6.45, 7) is 5.50. The van der Waals surface area contributed by atoms with E-state index in [1.807, 2.05) is 0 Å². The quantitative estimate of drug-likeness (QED) is 0.840. The molecule has 1 unspecified atom stereocenters. The molecule has 3 nitrogen and oxygen atoms in total. The molecule has 1 aromatic rings. The summed E-state index contributed by atoms with van der Waals surface area (Å²) in [6, 6.07) is 6.39. The van der Waals surface area contributed by atoms with Crippen molar-refractivity contribution in [2.24, 2.45) is 5.92 Å². The van der Waals surface area contributed by atoms with Crippen LogP contribution in [0.5, 0.6) is 5.75 Å². The first kappa shape index (κ1) is 13.2. The van der Waals surface area contributed by atoms with Gasteiger partial charge in [-0.2, -0.15) is 0 Å². The zero-order valence-corrected chi connectivity index (χ0v) is 11.5. The second-order valence-corrected chi connectivity index (χ2v) is 4.98. The highest BCUT2D eigenvalue weighted by molar-refractivity contribution is 5.58. The lowest BCUT2D eigenvalue weighted by Gasteiger charge is -2.24. The van der Waals surface area contributed by atoms with Crippen LogP contribution in [0.1, 0.15) is 25.3 Å². The van der Waals surface area contributed by atoms with Crippen LogP contribution in [0.2, 0.25) is 0 Å². The van der Waals surface area contributed by atoms with E-state index >= 15 is 0 Å². The van der Waals surface area contributed by atoms with Crippen molar-refractivity contribution in [1.82, 2.24) is 5.32 Å². The van der Waals surface area contributed by atoms with Crippen molar-refractivity contribution in [3.05, 3.63) is 23.8 Å². The van der Waals surface area contributed by atoms with Crippen LogP contribution in [0.4, 0.5) is 5.69 Å². The van der Waals surface area contributed by atoms with E-state index in [1.54, 1.807) is 7.11 Å².